The Morgan fingerprint density at radius 3 is 2.86 bits per heavy atom. The highest BCUT2D eigenvalue weighted by Gasteiger charge is 1.98. The first kappa shape index (κ1) is 10.0. The minimum atomic E-state index is 0.404. The summed E-state index contributed by atoms with van der Waals surface area (Å²) in [6.07, 6.45) is 1.60. The maximum atomic E-state index is 5.78. The number of pyridine rings is 1. The molecule has 3 nitrogen and oxygen atoms in total. The van der Waals surface area contributed by atoms with Crippen molar-refractivity contribution in [3.63, 3.8) is 0 Å². The first-order valence-corrected chi connectivity index (χ1v) is 6.40. The number of hydrogen-bond donors (Lipinski definition) is 0. The topological polar surface area (TPSA) is 38.1 Å². The highest BCUT2D eigenvalue weighted by Crippen LogP contribution is 2.15. The van der Waals surface area contributed by atoms with Gasteiger partial charge in [0.25, 0.3) is 0 Å². The lowest BCUT2D eigenvalue weighted by molar-refractivity contribution is 1.23. The lowest BCUT2D eigenvalue weighted by Gasteiger charge is -1.90. The lowest BCUT2D eigenvalue weighted by atomic mass is 10.5. The average Bonchev–Trinajstić information content (AvgIpc) is 2.52. The Kier molecular flexibility index (Phi) is 3.12. The second-order valence-electron chi connectivity index (χ2n) is 2.29. The smallest absolute Gasteiger partial charge is 0.179 e. The third-order valence-corrected chi connectivity index (χ3v) is 3.74. The Morgan fingerprint density at radius 2 is 2.21 bits per heavy atom. The summed E-state index contributed by atoms with van der Waals surface area (Å²) in [4.78, 5) is 8.23. The van der Waals surface area contributed by atoms with Crippen molar-refractivity contribution in [3.05, 3.63) is 33.2 Å². The molecule has 0 saturated carbocycles. The first-order chi connectivity index (χ1) is 6.75. The summed E-state index contributed by atoms with van der Waals surface area (Å²) in [5, 5.41) is 1.00. The normalized spacial score (nSPS) is 12.0. The third-order valence-electron chi connectivity index (χ3n) is 1.33. The van der Waals surface area contributed by atoms with Crippen molar-refractivity contribution in [1.29, 1.82) is 0 Å². The molecule has 0 aliphatic rings. The number of rotatable bonds is 1. The van der Waals surface area contributed by atoms with E-state index in [9.17, 15) is 0 Å². The van der Waals surface area contributed by atoms with Gasteiger partial charge in [0.15, 0.2) is 15.6 Å². The van der Waals surface area contributed by atoms with Gasteiger partial charge in [-0.1, -0.05) is 23.2 Å². The summed E-state index contributed by atoms with van der Waals surface area (Å²) >= 11 is 11.6. The van der Waals surface area contributed by atoms with Crippen molar-refractivity contribution in [3.8, 4) is 0 Å². The van der Waals surface area contributed by atoms with Crippen molar-refractivity contribution in [2.24, 2.45) is 4.99 Å². The minimum absolute atomic E-state index is 0.404. The van der Waals surface area contributed by atoms with Crippen molar-refractivity contribution < 1.29 is 0 Å². The van der Waals surface area contributed by atoms with Gasteiger partial charge in [-0.15, -0.1) is 0 Å². The highest BCUT2D eigenvalue weighted by atomic mass is 35.5. The van der Waals surface area contributed by atoms with Crippen LogP contribution in [0.3, 0.4) is 0 Å². The summed E-state index contributed by atoms with van der Waals surface area (Å²) < 4.78 is 4.57. The van der Waals surface area contributed by atoms with Crippen LogP contribution >= 0.6 is 44.1 Å². The Bertz CT molecular complexity index is 505. The van der Waals surface area contributed by atoms with E-state index >= 15 is 0 Å². The van der Waals surface area contributed by atoms with E-state index in [1.165, 1.54) is 20.9 Å². The van der Waals surface area contributed by atoms with Crippen molar-refractivity contribution in [2.75, 3.05) is 0 Å². The summed E-state index contributed by atoms with van der Waals surface area (Å²) in [5.74, 6) is 0.538. The fourth-order valence-electron chi connectivity index (χ4n) is 0.784. The molecule has 0 saturated heterocycles. The number of halogens is 2. The largest absolute Gasteiger partial charge is 0.237 e. The number of hydrogen-bond acceptors (Lipinski definition) is 5. The molecule has 2 rings (SSSR count). The Balaban J connectivity index is 2.49. The molecule has 2 heterocycles. The summed E-state index contributed by atoms with van der Waals surface area (Å²) in [6.45, 7) is 0. The maximum absolute atomic E-state index is 5.78. The zero-order valence-corrected chi connectivity index (χ0v) is 9.79. The van der Waals surface area contributed by atoms with Gasteiger partial charge in [0.05, 0.1) is 0 Å². The molecular formula is C7H3Cl2N3S2. The van der Waals surface area contributed by atoms with Crippen LogP contribution < -0.4 is 4.67 Å². The summed E-state index contributed by atoms with van der Waals surface area (Å²) in [6, 6.07) is 3.36. The molecule has 0 aliphatic heterocycles. The molecule has 0 aliphatic carbocycles. The summed E-state index contributed by atoms with van der Waals surface area (Å²) in [7, 11) is 2.69. The van der Waals surface area contributed by atoms with Gasteiger partial charge >= 0.3 is 0 Å². The van der Waals surface area contributed by atoms with Crippen LogP contribution in [0.15, 0.2) is 23.3 Å². The molecular weight excluding hydrogens is 261 g/mol. The first-order valence-electron chi connectivity index (χ1n) is 3.53. The van der Waals surface area contributed by atoms with Crippen LogP contribution in [0.2, 0.25) is 10.2 Å². The SMILES string of the molecule is Clc1ccnc(N=c2ssnc2Cl)c1. The van der Waals surface area contributed by atoms with Crippen molar-refractivity contribution in [2.45, 2.75) is 0 Å². The van der Waals surface area contributed by atoms with Crippen molar-refractivity contribution in [1.82, 2.24) is 9.36 Å². The second kappa shape index (κ2) is 4.35. The van der Waals surface area contributed by atoms with Gasteiger partial charge in [0, 0.05) is 27.8 Å². The fourth-order valence-corrected chi connectivity index (χ4v) is 2.92. The zero-order valence-electron chi connectivity index (χ0n) is 6.65. The second-order valence-corrected chi connectivity index (χ2v) is 4.92. The Hall–Kier alpha value is -0.490. The van der Waals surface area contributed by atoms with Crippen LogP contribution in [-0.2, 0) is 0 Å². The Morgan fingerprint density at radius 1 is 1.36 bits per heavy atom. The molecule has 0 N–H and O–H groups in total. The van der Waals surface area contributed by atoms with Crippen LogP contribution in [-0.4, -0.2) is 9.36 Å². The molecule has 2 aromatic heterocycles. The van der Waals surface area contributed by atoms with Gasteiger partial charge in [-0.2, -0.15) is 4.37 Å². The predicted molar refractivity (Wildman–Crippen MR) is 59.5 cm³/mol. The van der Waals surface area contributed by atoms with Crippen molar-refractivity contribution >= 4 is 49.9 Å². The van der Waals surface area contributed by atoms with Gasteiger partial charge in [-0.3, -0.25) is 0 Å². The van der Waals surface area contributed by atoms with Gasteiger partial charge in [0.1, 0.15) is 0 Å². The average molecular weight is 264 g/mol. The molecule has 0 unspecified atom stereocenters. The highest BCUT2D eigenvalue weighted by molar-refractivity contribution is 7.66. The molecule has 72 valence electrons. The predicted octanol–water partition coefficient (Wildman–Crippen LogP) is 3.14. The molecule has 0 fully saturated rings. The van der Waals surface area contributed by atoms with Crippen LogP contribution in [0.5, 0.6) is 0 Å². The molecule has 2 aromatic rings. The lowest BCUT2D eigenvalue weighted by Crippen LogP contribution is -1.93. The van der Waals surface area contributed by atoms with E-state index in [0.717, 1.165) is 0 Å². The van der Waals surface area contributed by atoms with E-state index in [4.69, 9.17) is 23.2 Å². The van der Waals surface area contributed by atoms with Crippen LogP contribution in [0, 0.1) is 0 Å². The van der Waals surface area contributed by atoms with Gasteiger partial charge in [0.2, 0.25) is 0 Å². The van der Waals surface area contributed by atoms with E-state index in [1.54, 1.807) is 18.3 Å². The van der Waals surface area contributed by atoms with Crippen LogP contribution in [0.4, 0.5) is 5.82 Å². The number of aromatic nitrogens is 2. The van der Waals surface area contributed by atoms with E-state index in [0.29, 0.717) is 20.7 Å². The maximum Gasteiger partial charge on any atom is 0.179 e. The molecule has 0 radical (unpaired) electrons. The molecule has 14 heavy (non-hydrogen) atoms. The van der Waals surface area contributed by atoms with Crippen LogP contribution in [0.25, 0.3) is 0 Å². The van der Waals surface area contributed by atoms with E-state index in [-0.39, 0.29) is 0 Å². The van der Waals surface area contributed by atoms with Gasteiger partial charge < -0.3 is 0 Å². The third kappa shape index (κ3) is 2.30. The van der Waals surface area contributed by atoms with Gasteiger partial charge in [-0.25, -0.2) is 9.98 Å². The summed E-state index contributed by atoms with van der Waals surface area (Å²) in [5.41, 5.74) is 0. The van der Waals surface area contributed by atoms with E-state index < -0.39 is 0 Å². The molecule has 0 bridgehead atoms. The van der Waals surface area contributed by atoms with E-state index in [1.807, 2.05) is 0 Å². The van der Waals surface area contributed by atoms with E-state index in [2.05, 4.69) is 14.3 Å². The Labute approximate surface area is 97.2 Å². The fraction of sp³-hybridized carbons (Fsp3) is 0. The molecule has 0 amide bonds. The molecule has 7 heteroatoms. The molecule has 0 aromatic carbocycles. The zero-order chi connectivity index (χ0) is 9.97. The number of nitrogens with zero attached hydrogens (tertiary/aromatic N) is 3. The van der Waals surface area contributed by atoms with Crippen LogP contribution in [0.1, 0.15) is 0 Å². The minimum Gasteiger partial charge on any atom is -0.237 e. The standard InChI is InChI=1S/C7H3Cl2N3S2/c8-4-1-2-10-5(3-4)11-7-6(9)12-14-13-7/h1-3H. The molecule has 0 atom stereocenters. The molecule has 0 spiro atoms. The monoisotopic (exact) mass is 263 g/mol. The quantitative estimate of drug-likeness (QED) is 0.742. The van der Waals surface area contributed by atoms with Gasteiger partial charge in [-0.05, 0) is 16.4 Å².